The molecule has 21 heavy (non-hydrogen) atoms. The SMILES string of the molecule is C[C@H](Oc1ccc(Cl)cc1)C(=O)Nc1nnc(C2CC2)s1. The summed E-state index contributed by atoms with van der Waals surface area (Å²) in [5, 5.41) is 12.9. The van der Waals surface area contributed by atoms with E-state index in [0.29, 0.717) is 21.8 Å². The highest BCUT2D eigenvalue weighted by Gasteiger charge is 2.28. The number of nitrogens with zero attached hydrogens (tertiary/aromatic N) is 2. The van der Waals surface area contributed by atoms with Crippen molar-refractivity contribution in [2.24, 2.45) is 0 Å². The Bertz CT molecular complexity index is 640. The van der Waals surface area contributed by atoms with Crippen molar-refractivity contribution in [3.8, 4) is 5.75 Å². The van der Waals surface area contributed by atoms with E-state index < -0.39 is 6.10 Å². The summed E-state index contributed by atoms with van der Waals surface area (Å²) in [5.74, 6) is 0.886. The van der Waals surface area contributed by atoms with Crippen molar-refractivity contribution in [2.45, 2.75) is 31.8 Å². The maximum absolute atomic E-state index is 12.1. The van der Waals surface area contributed by atoms with Gasteiger partial charge in [0.25, 0.3) is 5.91 Å². The summed E-state index contributed by atoms with van der Waals surface area (Å²) in [4.78, 5) is 12.1. The highest BCUT2D eigenvalue weighted by Crippen LogP contribution is 2.42. The minimum atomic E-state index is -0.626. The molecule has 0 unspecified atom stereocenters. The molecule has 0 saturated heterocycles. The molecule has 2 aromatic rings. The number of carbonyl (C=O) groups is 1. The van der Waals surface area contributed by atoms with Gasteiger partial charge in [0, 0.05) is 10.9 Å². The van der Waals surface area contributed by atoms with Crippen LogP contribution in [0.5, 0.6) is 5.75 Å². The van der Waals surface area contributed by atoms with Gasteiger partial charge in [0.05, 0.1) is 0 Å². The zero-order valence-corrected chi connectivity index (χ0v) is 12.9. The number of ether oxygens (including phenoxy) is 1. The van der Waals surface area contributed by atoms with Crippen LogP contribution < -0.4 is 10.1 Å². The smallest absolute Gasteiger partial charge is 0.266 e. The molecule has 1 N–H and O–H groups in total. The molecular formula is C14H14ClN3O2S. The Morgan fingerprint density at radius 2 is 2.10 bits per heavy atom. The van der Waals surface area contributed by atoms with E-state index in [-0.39, 0.29) is 5.91 Å². The number of anilines is 1. The number of aromatic nitrogens is 2. The maximum Gasteiger partial charge on any atom is 0.266 e. The normalized spacial score (nSPS) is 15.5. The van der Waals surface area contributed by atoms with E-state index in [4.69, 9.17) is 16.3 Å². The third kappa shape index (κ3) is 3.71. The monoisotopic (exact) mass is 323 g/mol. The fraction of sp³-hybridized carbons (Fsp3) is 0.357. The molecule has 1 aromatic heterocycles. The molecule has 1 saturated carbocycles. The summed E-state index contributed by atoms with van der Waals surface area (Å²) in [6.07, 6.45) is 1.71. The van der Waals surface area contributed by atoms with Crippen LogP contribution in [0.4, 0.5) is 5.13 Å². The molecule has 7 heteroatoms. The fourth-order valence-electron chi connectivity index (χ4n) is 1.76. The summed E-state index contributed by atoms with van der Waals surface area (Å²) in [6, 6.07) is 6.88. The lowest BCUT2D eigenvalue weighted by molar-refractivity contribution is -0.122. The Balaban J connectivity index is 1.57. The first-order valence-corrected chi connectivity index (χ1v) is 7.88. The summed E-state index contributed by atoms with van der Waals surface area (Å²) in [5.41, 5.74) is 0. The van der Waals surface area contributed by atoms with Gasteiger partial charge in [0.2, 0.25) is 5.13 Å². The summed E-state index contributed by atoms with van der Waals surface area (Å²) in [6.45, 7) is 1.69. The van der Waals surface area contributed by atoms with Crippen LogP contribution in [-0.4, -0.2) is 22.2 Å². The molecule has 1 aliphatic rings. The quantitative estimate of drug-likeness (QED) is 0.915. The zero-order valence-electron chi connectivity index (χ0n) is 11.4. The summed E-state index contributed by atoms with van der Waals surface area (Å²) < 4.78 is 5.56. The molecule has 1 fully saturated rings. The molecule has 1 aromatic carbocycles. The van der Waals surface area contributed by atoms with Gasteiger partial charge in [-0.3, -0.25) is 10.1 Å². The van der Waals surface area contributed by atoms with Gasteiger partial charge in [-0.2, -0.15) is 0 Å². The van der Waals surface area contributed by atoms with Gasteiger partial charge < -0.3 is 4.74 Å². The minimum Gasteiger partial charge on any atom is -0.481 e. The van der Waals surface area contributed by atoms with Gasteiger partial charge in [-0.15, -0.1) is 10.2 Å². The van der Waals surface area contributed by atoms with Gasteiger partial charge in [-0.1, -0.05) is 22.9 Å². The Morgan fingerprint density at radius 3 is 2.76 bits per heavy atom. The Labute approximate surface area is 131 Å². The van der Waals surface area contributed by atoms with Crippen LogP contribution >= 0.6 is 22.9 Å². The number of halogens is 1. The van der Waals surface area contributed by atoms with Gasteiger partial charge in [0.15, 0.2) is 6.10 Å². The van der Waals surface area contributed by atoms with Crippen LogP contribution in [0.2, 0.25) is 5.02 Å². The van der Waals surface area contributed by atoms with Crippen molar-refractivity contribution in [1.29, 1.82) is 0 Å². The molecule has 1 amide bonds. The molecule has 110 valence electrons. The highest BCUT2D eigenvalue weighted by atomic mass is 35.5. The van der Waals surface area contributed by atoms with Crippen molar-refractivity contribution in [3.63, 3.8) is 0 Å². The first-order chi connectivity index (χ1) is 10.1. The zero-order chi connectivity index (χ0) is 14.8. The molecule has 0 bridgehead atoms. The van der Waals surface area contributed by atoms with E-state index in [1.165, 1.54) is 24.2 Å². The number of hydrogen-bond acceptors (Lipinski definition) is 5. The average Bonchev–Trinajstić information content (AvgIpc) is 3.22. The molecule has 1 atom stereocenters. The molecule has 0 spiro atoms. The van der Waals surface area contributed by atoms with E-state index in [2.05, 4.69) is 15.5 Å². The second-order valence-corrected chi connectivity index (χ2v) is 6.37. The molecule has 1 aliphatic carbocycles. The van der Waals surface area contributed by atoms with E-state index in [1.807, 2.05) is 0 Å². The van der Waals surface area contributed by atoms with Crippen molar-refractivity contribution in [1.82, 2.24) is 10.2 Å². The highest BCUT2D eigenvalue weighted by molar-refractivity contribution is 7.15. The Hall–Kier alpha value is -1.66. The van der Waals surface area contributed by atoms with Crippen molar-refractivity contribution < 1.29 is 9.53 Å². The number of nitrogens with one attached hydrogen (secondary N) is 1. The van der Waals surface area contributed by atoms with Crippen LogP contribution in [-0.2, 0) is 4.79 Å². The van der Waals surface area contributed by atoms with Crippen LogP contribution in [0.15, 0.2) is 24.3 Å². The van der Waals surface area contributed by atoms with Gasteiger partial charge >= 0.3 is 0 Å². The number of amides is 1. The molecule has 5 nitrogen and oxygen atoms in total. The van der Waals surface area contributed by atoms with E-state index in [9.17, 15) is 4.79 Å². The predicted molar refractivity (Wildman–Crippen MR) is 82.1 cm³/mol. The van der Waals surface area contributed by atoms with Crippen molar-refractivity contribution in [3.05, 3.63) is 34.3 Å². The Morgan fingerprint density at radius 1 is 1.38 bits per heavy atom. The maximum atomic E-state index is 12.1. The summed E-state index contributed by atoms with van der Waals surface area (Å²) >= 11 is 7.23. The van der Waals surface area contributed by atoms with E-state index >= 15 is 0 Å². The topological polar surface area (TPSA) is 64.1 Å². The largest absolute Gasteiger partial charge is 0.481 e. The van der Waals surface area contributed by atoms with Crippen LogP contribution in [0, 0.1) is 0 Å². The fourth-order valence-corrected chi connectivity index (χ4v) is 2.80. The average molecular weight is 324 g/mol. The number of rotatable bonds is 5. The van der Waals surface area contributed by atoms with E-state index in [0.717, 1.165) is 5.01 Å². The van der Waals surface area contributed by atoms with E-state index in [1.54, 1.807) is 31.2 Å². The third-order valence-corrected chi connectivity index (χ3v) is 4.35. The van der Waals surface area contributed by atoms with Gasteiger partial charge in [0.1, 0.15) is 10.8 Å². The standard InChI is InChI=1S/C14H14ClN3O2S/c1-8(20-11-6-4-10(15)5-7-11)12(19)16-14-18-17-13(21-14)9-2-3-9/h4-9H,2-3H2,1H3,(H,16,18,19)/t8-/m0/s1. The third-order valence-electron chi connectivity index (χ3n) is 3.09. The second-order valence-electron chi connectivity index (χ2n) is 4.92. The van der Waals surface area contributed by atoms with Crippen LogP contribution in [0.1, 0.15) is 30.7 Å². The van der Waals surface area contributed by atoms with Gasteiger partial charge in [-0.25, -0.2) is 0 Å². The molecule has 0 aliphatic heterocycles. The number of hydrogen-bond donors (Lipinski definition) is 1. The molecule has 1 heterocycles. The first-order valence-electron chi connectivity index (χ1n) is 6.68. The second kappa shape index (κ2) is 5.99. The first kappa shape index (κ1) is 14.3. The number of benzene rings is 1. The van der Waals surface area contributed by atoms with Crippen LogP contribution in [0.3, 0.4) is 0 Å². The predicted octanol–water partition coefficient (Wildman–Crippen LogP) is 3.47. The van der Waals surface area contributed by atoms with Crippen molar-refractivity contribution >= 4 is 34.0 Å². The lowest BCUT2D eigenvalue weighted by Crippen LogP contribution is -2.30. The van der Waals surface area contributed by atoms with Gasteiger partial charge in [-0.05, 0) is 44.0 Å². The molecule has 0 radical (unpaired) electrons. The Kier molecular flexibility index (Phi) is 4.07. The van der Waals surface area contributed by atoms with Crippen LogP contribution in [0.25, 0.3) is 0 Å². The lowest BCUT2D eigenvalue weighted by Gasteiger charge is -2.13. The van der Waals surface area contributed by atoms with Crippen molar-refractivity contribution in [2.75, 3.05) is 5.32 Å². The number of carbonyl (C=O) groups excluding carboxylic acids is 1. The minimum absolute atomic E-state index is 0.247. The molecule has 3 rings (SSSR count). The summed E-state index contributed by atoms with van der Waals surface area (Å²) in [7, 11) is 0. The molecular weight excluding hydrogens is 310 g/mol. The lowest BCUT2D eigenvalue weighted by atomic mass is 10.3.